The van der Waals surface area contributed by atoms with Crippen LogP contribution in [0.4, 0.5) is 15.8 Å². The van der Waals surface area contributed by atoms with Gasteiger partial charge in [-0.05, 0) is 60.4 Å². The highest BCUT2D eigenvalue weighted by molar-refractivity contribution is 7.98. The molecule has 5 nitrogen and oxygen atoms in total. The van der Waals surface area contributed by atoms with Crippen LogP contribution in [0, 0.1) is 5.82 Å². The van der Waals surface area contributed by atoms with E-state index < -0.39 is 28.3 Å². The molecule has 1 amide bonds. The lowest BCUT2D eigenvalue weighted by Gasteiger charge is -2.24. The predicted molar refractivity (Wildman–Crippen MR) is 140 cm³/mol. The first-order chi connectivity index (χ1) is 16.9. The van der Waals surface area contributed by atoms with Crippen LogP contribution in [0.2, 0.25) is 0 Å². The van der Waals surface area contributed by atoms with Crippen molar-refractivity contribution >= 4 is 39.1 Å². The van der Waals surface area contributed by atoms with Crippen molar-refractivity contribution in [3.8, 4) is 11.1 Å². The van der Waals surface area contributed by atoms with Gasteiger partial charge in [-0.2, -0.15) is 0 Å². The maximum atomic E-state index is 14.0. The van der Waals surface area contributed by atoms with Gasteiger partial charge in [0.25, 0.3) is 10.0 Å². The Bertz CT molecular complexity index is 1430. The number of rotatable bonds is 8. The summed E-state index contributed by atoms with van der Waals surface area (Å²) in [6.07, 6.45) is 1.89. The molecule has 1 N–H and O–H groups in total. The van der Waals surface area contributed by atoms with Crippen LogP contribution in [0.5, 0.6) is 0 Å². The zero-order valence-corrected chi connectivity index (χ0v) is 20.5. The Morgan fingerprint density at radius 1 is 0.886 bits per heavy atom. The number of nitrogens with one attached hydrogen (secondary N) is 1. The molecule has 0 aromatic heterocycles. The molecular weight excluding hydrogens is 483 g/mol. The summed E-state index contributed by atoms with van der Waals surface area (Å²) in [6, 6.07) is 28.4. The third-order valence-corrected chi connectivity index (χ3v) is 7.85. The van der Waals surface area contributed by atoms with Crippen molar-refractivity contribution in [3.63, 3.8) is 0 Å². The number of amides is 1. The second-order valence-electron chi connectivity index (χ2n) is 7.63. The van der Waals surface area contributed by atoms with Crippen molar-refractivity contribution in [1.82, 2.24) is 0 Å². The second kappa shape index (κ2) is 10.8. The fourth-order valence-electron chi connectivity index (χ4n) is 3.60. The summed E-state index contributed by atoms with van der Waals surface area (Å²) >= 11 is 1.48. The van der Waals surface area contributed by atoms with Gasteiger partial charge in [-0.3, -0.25) is 9.10 Å². The molecule has 178 valence electrons. The second-order valence-corrected chi connectivity index (χ2v) is 10.4. The van der Waals surface area contributed by atoms with Gasteiger partial charge in [-0.15, -0.1) is 11.8 Å². The third kappa shape index (κ3) is 5.72. The number of halogens is 1. The molecule has 35 heavy (non-hydrogen) atoms. The number of thioether (sulfide) groups is 1. The number of benzene rings is 4. The zero-order valence-electron chi connectivity index (χ0n) is 18.9. The molecule has 0 radical (unpaired) electrons. The number of carbonyl (C=O) groups excluding carboxylic acids is 1. The molecule has 0 saturated heterocycles. The molecule has 4 aromatic rings. The Balaban J connectivity index is 1.66. The van der Waals surface area contributed by atoms with Gasteiger partial charge >= 0.3 is 0 Å². The van der Waals surface area contributed by atoms with E-state index in [0.717, 1.165) is 26.4 Å². The van der Waals surface area contributed by atoms with Gasteiger partial charge in [0.1, 0.15) is 12.4 Å². The summed E-state index contributed by atoms with van der Waals surface area (Å²) < 4.78 is 42.0. The predicted octanol–water partition coefficient (Wildman–Crippen LogP) is 6.05. The SMILES string of the molecule is CSc1ccc(S(=O)(=O)N(CC(=O)Nc2ccccc2-c2ccccc2)c2cccc(F)c2)cc1. The number of anilines is 2. The first-order valence-electron chi connectivity index (χ1n) is 10.7. The van der Waals surface area contributed by atoms with E-state index in [9.17, 15) is 17.6 Å². The summed E-state index contributed by atoms with van der Waals surface area (Å²) in [7, 11) is -4.15. The summed E-state index contributed by atoms with van der Waals surface area (Å²) in [5.74, 6) is -1.16. The van der Waals surface area contributed by atoms with Crippen molar-refractivity contribution in [2.45, 2.75) is 9.79 Å². The maximum Gasteiger partial charge on any atom is 0.264 e. The molecule has 0 aliphatic heterocycles. The van der Waals surface area contributed by atoms with Gasteiger partial charge < -0.3 is 5.32 Å². The van der Waals surface area contributed by atoms with Gasteiger partial charge in [-0.25, -0.2) is 12.8 Å². The van der Waals surface area contributed by atoms with Crippen molar-refractivity contribution in [2.75, 3.05) is 22.4 Å². The van der Waals surface area contributed by atoms with Crippen molar-refractivity contribution in [3.05, 3.63) is 109 Å². The lowest BCUT2D eigenvalue weighted by Crippen LogP contribution is -2.38. The smallest absolute Gasteiger partial charge is 0.264 e. The van der Waals surface area contributed by atoms with Crippen LogP contribution < -0.4 is 9.62 Å². The lowest BCUT2D eigenvalue weighted by atomic mass is 10.0. The van der Waals surface area contributed by atoms with E-state index in [1.807, 2.05) is 48.7 Å². The van der Waals surface area contributed by atoms with E-state index >= 15 is 0 Å². The van der Waals surface area contributed by atoms with Gasteiger partial charge in [0, 0.05) is 16.1 Å². The normalized spacial score (nSPS) is 11.1. The van der Waals surface area contributed by atoms with Crippen LogP contribution in [-0.4, -0.2) is 27.1 Å². The molecule has 8 heteroatoms. The van der Waals surface area contributed by atoms with Crippen LogP contribution in [0.1, 0.15) is 0 Å². The van der Waals surface area contributed by atoms with Crippen molar-refractivity contribution in [2.24, 2.45) is 0 Å². The Morgan fingerprint density at radius 2 is 1.57 bits per heavy atom. The lowest BCUT2D eigenvalue weighted by molar-refractivity contribution is -0.114. The van der Waals surface area contributed by atoms with E-state index in [2.05, 4.69) is 5.32 Å². The summed E-state index contributed by atoms with van der Waals surface area (Å²) in [6.45, 7) is -0.529. The van der Waals surface area contributed by atoms with Gasteiger partial charge in [0.15, 0.2) is 0 Å². The number of nitrogens with zero attached hydrogens (tertiary/aromatic N) is 1. The summed E-state index contributed by atoms with van der Waals surface area (Å²) in [5.41, 5.74) is 2.32. The molecule has 0 aliphatic carbocycles. The van der Waals surface area contributed by atoms with E-state index in [1.54, 1.807) is 24.3 Å². The van der Waals surface area contributed by atoms with Gasteiger partial charge in [-0.1, -0.05) is 54.6 Å². The average molecular weight is 507 g/mol. The minimum Gasteiger partial charge on any atom is -0.324 e. The fourth-order valence-corrected chi connectivity index (χ4v) is 5.42. The largest absolute Gasteiger partial charge is 0.324 e. The molecule has 4 rings (SSSR count). The van der Waals surface area contributed by atoms with E-state index in [0.29, 0.717) is 5.69 Å². The number of carbonyl (C=O) groups is 1. The highest BCUT2D eigenvalue weighted by Crippen LogP contribution is 2.29. The average Bonchev–Trinajstić information content (AvgIpc) is 2.88. The molecule has 0 unspecified atom stereocenters. The van der Waals surface area contributed by atoms with E-state index in [4.69, 9.17) is 0 Å². The standard InChI is InChI=1S/C27H23FN2O3S2/c1-34-23-14-16-24(17-15-23)35(32,33)30(22-11-7-10-21(28)18-22)19-27(31)29-26-13-6-5-12-25(26)20-8-3-2-4-9-20/h2-18H,19H2,1H3,(H,29,31). The molecule has 0 saturated carbocycles. The molecule has 0 atom stereocenters. The Morgan fingerprint density at radius 3 is 2.26 bits per heavy atom. The summed E-state index contributed by atoms with van der Waals surface area (Å²) in [4.78, 5) is 14.0. The molecule has 0 aliphatic rings. The Labute approximate surface area is 208 Å². The molecule has 0 bridgehead atoms. The minimum absolute atomic E-state index is 0.0112. The fraction of sp³-hybridized carbons (Fsp3) is 0.0741. The molecule has 0 heterocycles. The first kappa shape index (κ1) is 24.5. The topological polar surface area (TPSA) is 66.5 Å². The van der Waals surface area contributed by atoms with E-state index in [1.165, 1.54) is 42.1 Å². The Hall–Kier alpha value is -3.62. The monoisotopic (exact) mass is 506 g/mol. The van der Waals surface area contributed by atoms with Gasteiger partial charge in [0.05, 0.1) is 10.6 Å². The van der Waals surface area contributed by atoms with Gasteiger partial charge in [0.2, 0.25) is 5.91 Å². The van der Waals surface area contributed by atoms with Crippen LogP contribution in [0.3, 0.4) is 0 Å². The minimum atomic E-state index is -4.15. The number of para-hydroxylation sites is 1. The van der Waals surface area contributed by atoms with Crippen LogP contribution >= 0.6 is 11.8 Å². The van der Waals surface area contributed by atoms with Crippen molar-refractivity contribution in [1.29, 1.82) is 0 Å². The highest BCUT2D eigenvalue weighted by Gasteiger charge is 2.28. The number of hydrogen-bond donors (Lipinski definition) is 1. The Kier molecular flexibility index (Phi) is 7.53. The number of hydrogen-bond acceptors (Lipinski definition) is 4. The molecule has 0 fully saturated rings. The van der Waals surface area contributed by atoms with Crippen LogP contribution in [0.15, 0.2) is 113 Å². The van der Waals surface area contributed by atoms with Crippen LogP contribution in [0.25, 0.3) is 11.1 Å². The highest BCUT2D eigenvalue weighted by atomic mass is 32.2. The zero-order chi connectivity index (χ0) is 24.8. The van der Waals surface area contributed by atoms with Crippen LogP contribution in [-0.2, 0) is 14.8 Å². The summed E-state index contributed by atoms with van der Waals surface area (Å²) in [5, 5.41) is 2.82. The first-order valence-corrected chi connectivity index (χ1v) is 13.4. The maximum absolute atomic E-state index is 14.0. The molecule has 4 aromatic carbocycles. The quantitative estimate of drug-likeness (QED) is 0.296. The number of sulfonamides is 1. The van der Waals surface area contributed by atoms with E-state index in [-0.39, 0.29) is 10.6 Å². The van der Waals surface area contributed by atoms with Crippen molar-refractivity contribution < 1.29 is 17.6 Å². The molecule has 0 spiro atoms. The third-order valence-electron chi connectivity index (χ3n) is 5.32. The molecular formula is C27H23FN2O3S2.